The Morgan fingerprint density at radius 3 is 2.56 bits per heavy atom. The normalized spacial score (nSPS) is 17.4. The van der Waals surface area contributed by atoms with E-state index in [-0.39, 0.29) is 17.9 Å². The molecule has 6 nitrogen and oxygen atoms in total. The molecule has 3 aromatic rings. The minimum Gasteiger partial charge on any atom is -0.367 e. The van der Waals surface area contributed by atoms with Crippen LogP contribution in [0.15, 0.2) is 79.4 Å². The van der Waals surface area contributed by atoms with Crippen LogP contribution in [0.1, 0.15) is 30.4 Å². The molecule has 1 N–H and O–H groups in total. The molecule has 0 unspecified atom stereocenters. The summed E-state index contributed by atoms with van der Waals surface area (Å²) >= 11 is 0. The number of aromatic nitrogens is 2. The smallest absolute Gasteiger partial charge is 0.226 e. The van der Waals surface area contributed by atoms with Crippen LogP contribution >= 0.6 is 0 Å². The van der Waals surface area contributed by atoms with Crippen molar-refractivity contribution in [2.24, 2.45) is 5.92 Å². The van der Waals surface area contributed by atoms with E-state index in [1.165, 1.54) is 5.56 Å². The number of carbonyl (C=O) groups excluding carboxylic acids is 1. The fourth-order valence-corrected chi connectivity index (χ4v) is 4.47. The number of aryl methyl sites for hydroxylation is 1. The summed E-state index contributed by atoms with van der Waals surface area (Å²) in [6, 6.07) is 23.7. The van der Waals surface area contributed by atoms with E-state index >= 15 is 0 Å². The fourth-order valence-electron chi connectivity index (χ4n) is 4.47. The maximum Gasteiger partial charge on any atom is 0.226 e. The number of hydrogen-bond donors (Lipinski definition) is 1. The van der Waals surface area contributed by atoms with Gasteiger partial charge in [-0.2, -0.15) is 5.26 Å². The van der Waals surface area contributed by atoms with Crippen LogP contribution in [0, 0.1) is 17.2 Å². The lowest BCUT2D eigenvalue weighted by molar-refractivity contribution is -0.131. The molecule has 34 heavy (non-hydrogen) atoms. The van der Waals surface area contributed by atoms with Gasteiger partial charge in [0, 0.05) is 30.6 Å². The molecule has 1 amide bonds. The largest absolute Gasteiger partial charge is 0.367 e. The number of nitrogens with zero attached hydrogens (tertiary/aromatic N) is 4. The molecule has 4 rings (SSSR count). The summed E-state index contributed by atoms with van der Waals surface area (Å²) in [4.78, 5) is 15.0. The van der Waals surface area contributed by atoms with Crippen molar-refractivity contribution in [1.82, 2.24) is 15.1 Å². The van der Waals surface area contributed by atoms with Crippen LogP contribution in [0.2, 0.25) is 0 Å². The zero-order valence-corrected chi connectivity index (χ0v) is 19.2. The number of allylic oxidation sites excluding steroid dienone is 1. The Bertz CT molecular complexity index is 1140. The highest BCUT2D eigenvalue weighted by molar-refractivity contribution is 5.81. The van der Waals surface area contributed by atoms with Crippen LogP contribution in [0.3, 0.4) is 0 Å². The van der Waals surface area contributed by atoms with Crippen LogP contribution in [-0.4, -0.2) is 40.1 Å². The first-order valence-corrected chi connectivity index (χ1v) is 11.7. The van der Waals surface area contributed by atoms with E-state index in [1.807, 2.05) is 41.3 Å². The number of amides is 1. The molecule has 0 radical (unpaired) electrons. The van der Waals surface area contributed by atoms with Gasteiger partial charge in [-0.3, -0.25) is 4.79 Å². The molecule has 172 valence electrons. The monoisotopic (exact) mass is 451 g/mol. The third-order valence-corrected chi connectivity index (χ3v) is 6.28. The molecule has 0 bridgehead atoms. The molecule has 1 aromatic heterocycles. The van der Waals surface area contributed by atoms with Crippen molar-refractivity contribution in [3.63, 3.8) is 0 Å². The fraction of sp³-hybridized carbons (Fsp3) is 0.286. The summed E-state index contributed by atoms with van der Waals surface area (Å²) in [5, 5.41) is 21.0. The van der Waals surface area contributed by atoms with Gasteiger partial charge in [0.05, 0.1) is 17.3 Å². The van der Waals surface area contributed by atoms with Gasteiger partial charge in [0.15, 0.2) is 0 Å². The number of anilines is 1. The molecule has 2 aromatic carbocycles. The minimum absolute atomic E-state index is 0.00543. The van der Waals surface area contributed by atoms with Crippen LogP contribution in [0.5, 0.6) is 0 Å². The summed E-state index contributed by atoms with van der Waals surface area (Å²) in [7, 11) is 0. The van der Waals surface area contributed by atoms with Crippen molar-refractivity contribution >= 4 is 11.7 Å². The highest BCUT2D eigenvalue weighted by atomic mass is 16.2. The van der Waals surface area contributed by atoms with Gasteiger partial charge in [-0.05, 0) is 55.5 Å². The van der Waals surface area contributed by atoms with Crippen LogP contribution in [0.25, 0.3) is 11.3 Å². The summed E-state index contributed by atoms with van der Waals surface area (Å²) in [5.74, 6) is 0.911. The van der Waals surface area contributed by atoms with Gasteiger partial charge in [-0.25, -0.2) is 0 Å². The van der Waals surface area contributed by atoms with E-state index in [4.69, 9.17) is 5.26 Å². The average molecular weight is 452 g/mol. The lowest BCUT2D eigenvalue weighted by Crippen LogP contribution is -2.39. The van der Waals surface area contributed by atoms with E-state index in [2.05, 4.69) is 52.4 Å². The standard InChI is InChI=1S/C28H29N5O/c1-2-7-24-18-25(33(28(24)34)17-6-10-21-8-4-3-5-9-21)20-30-27-16-15-26(31-32-27)23-13-11-22(19-29)12-14-23/h2-5,8-9,11-16,24-25H,1,6-7,10,17-18,20H2,(H,30,32)/t24-,25+/m1/s1. The van der Waals surface area contributed by atoms with Crippen LogP contribution in [-0.2, 0) is 11.2 Å². The predicted molar refractivity (Wildman–Crippen MR) is 134 cm³/mol. The molecule has 1 aliphatic heterocycles. The lowest BCUT2D eigenvalue weighted by atomic mass is 10.0. The predicted octanol–water partition coefficient (Wildman–Crippen LogP) is 4.85. The van der Waals surface area contributed by atoms with Crippen molar-refractivity contribution < 1.29 is 4.79 Å². The third-order valence-electron chi connectivity index (χ3n) is 6.28. The maximum absolute atomic E-state index is 13.0. The number of hydrogen-bond acceptors (Lipinski definition) is 5. The highest BCUT2D eigenvalue weighted by Gasteiger charge is 2.38. The first kappa shape index (κ1) is 23.2. The van der Waals surface area contributed by atoms with E-state index in [9.17, 15) is 4.79 Å². The number of benzene rings is 2. The lowest BCUT2D eigenvalue weighted by Gasteiger charge is -2.25. The zero-order valence-electron chi connectivity index (χ0n) is 19.2. The number of nitriles is 1. The summed E-state index contributed by atoms with van der Waals surface area (Å²) in [5.41, 5.74) is 3.57. The molecule has 0 aliphatic carbocycles. The summed E-state index contributed by atoms with van der Waals surface area (Å²) in [6.45, 7) is 5.21. The third kappa shape index (κ3) is 5.68. The van der Waals surface area contributed by atoms with Gasteiger partial charge in [-0.1, -0.05) is 48.5 Å². The van der Waals surface area contributed by atoms with Crippen LogP contribution in [0.4, 0.5) is 5.82 Å². The van der Waals surface area contributed by atoms with Gasteiger partial charge in [-0.15, -0.1) is 16.8 Å². The Morgan fingerprint density at radius 2 is 1.88 bits per heavy atom. The van der Waals surface area contributed by atoms with E-state index in [0.29, 0.717) is 24.3 Å². The van der Waals surface area contributed by atoms with E-state index in [1.54, 1.807) is 12.1 Å². The molecule has 2 heterocycles. The van der Waals surface area contributed by atoms with Gasteiger partial charge in [0.1, 0.15) is 5.82 Å². The molecule has 1 fully saturated rings. The number of carbonyl (C=O) groups is 1. The zero-order chi connectivity index (χ0) is 23.8. The molecule has 6 heteroatoms. The second-order valence-corrected chi connectivity index (χ2v) is 8.61. The van der Waals surface area contributed by atoms with Crippen molar-refractivity contribution in [1.29, 1.82) is 5.26 Å². The number of rotatable bonds is 10. The van der Waals surface area contributed by atoms with E-state index < -0.39 is 0 Å². The Morgan fingerprint density at radius 1 is 1.09 bits per heavy atom. The van der Waals surface area contributed by atoms with Crippen molar-refractivity contribution in [3.05, 3.63) is 90.5 Å². The summed E-state index contributed by atoms with van der Waals surface area (Å²) in [6.07, 6.45) is 5.27. The SMILES string of the molecule is C=CC[C@@H]1C[C@@H](CNc2ccc(-c3ccc(C#N)cc3)nn2)N(CCCc2ccccc2)C1=O. The first-order valence-electron chi connectivity index (χ1n) is 11.7. The Labute approximate surface area is 201 Å². The first-order chi connectivity index (χ1) is 16.7. The maximum atomic E-state index is 13.0. The highest BCUT2D eigenvalue weighted by Crippen LogP contribution is 2.28. The molecule has 0 spiro atoms. The van der Waals surface area contributed by atoms with Crippen molar-refractivity contribution in [2.45, 2.75) is 31.7 Å². The quantitative estimate of drug-likeness (QED) is 0.446. The van der Waals surface area contributed by atoms with Gasteiger partial charge >= 0.3 is 0 Å². The average Bonchev–Trinajstić information content (AvgIpc) is 3.18. The Hall–Kier alpha value is -3.98. The molecular formula is C28H29N5O. The van der Waals surface area contributed by atoms with E-state index in [0.717, 1.165) is 37.1 Å². The Balaban J connectivity index is 1.36. The van der Waals surface area contributed by atoms with Crippen molar-refractivity contribution in [2.75, 3.05) is 18.4 Å². The number of likely N-dealkylation sites (tertiary alicyclic amines) is 1. The molecule has 1 aliphatic rings. The summed E-state index contributed by atoms with van der Waals surface area (Å²) < 4.78 is 0. The topological polar surface area (TPSA) is 81.9 Å². The van der Waals surface area contributed by atoms with Gasteiger partial charge in [0.2, 0.25) is 5.91 Å². The molecular weight excluding hydrogens is 422 g/mol. The second-order valence-electron chi connectivity index (χ2n) is 8.61. The number of nitrogens with one attached hydrogen (secondary N) is 1. The molecule has 1 saturated heterocycles. The van der Waals surface area contributed by atoms with Crippen LogP contribution < -0.4 is 5.32 Å². The second kappa shape index (κ2) is 11.2. The van der Waals surface area contributed by atoms with Crippen molar-refractivity contribution in [3.8, 4) is 17.3 Å². The minimum atomic E-state index is 0.00543. The molecule has 0 saturated carbocycles. The molecule has 2 atom stereocenters. The van der Waals surface area contributed by atoms with Gasteiger partial charge < -0.3 is 10.2 Å². The van der Waals surface area contributed by atoms with Gasteiger partial charge in [0.25, 0.3) is 0 Å². The Kier molecular flexibility index (Phi) is 7.67.